The highest BCUT2D eigenvalue weighted by atomic mass is 16.5. The monoisotopic (exact) mass is 239 g/mol. The maximum absolute atomic E-state index is 5.59. The van der Waals surface area contributed by atoms with Crippen molar-refractivity contribution in [2.45, 2.75) is 51.7 Å². The van der Waals surface area contributed by atoms with E-state index in [9.17, 15) is 0 Å². The standard InChI is InChI=1S/C14H25NO2/c1-4-7-14(16-3)13(15-9-5-2)11-12-8-6-10-17-12/h6,8,10,13-15H,4-5,7,9,11H2,1-3H3. The molecule has 0 saturated heterocycles. The maximum Gasteiger partial charge on any atom is 0.105 e. The second-order valence-corrected chi connectivity index (χ2v) is 4.41. The van der Waals surface area contributed by atoms with Crippen LogP contribution in [-0.2, 0) is 11.2 Å². The van der Waals surface area contributed by atoms with Crippen molar-refractivity contribution >= 4 is 0 Å². The molecule has 0 aliphatic heterocycles. The van der Waals surface area contributed by atoms with Gasteiger partial charge in [-0.2, -0.15) is 0 Å². The molecule has 0 aliphatic carbocycles. The number of furan rings is 1. The summed E-state index contributed by atoms with van der Waals surface area (Å²) in [4.78, 5) is 0. The Hall–Kier alpha value is -0.800. The highest BCUT2D eigenvalue weighted by Crippen LogP contribution is 2.13. The number of rotatable bonds is 9. The molecule has 17 heavy (non-hydrogen) atoms. The van der Waals surface area contributed by atoms with Gasteiger partial charge in [0.2, 0.25) is 0 Å². The van der Waals surface area contributed by atoms with E-state index in [1.165, 1.54) is 0 Å². The SMILES string of the molecule is CCCNC(Cc1ccco1)C(CCC)OC. The van der Waals surface area contributed by atoms with Crippen LogP contribution in [0.5, 0.6) is 0 Å². The second kappa shape index (κ2) is 8.31. The Labute approximate surface area is 105 Å². The summed E-state index contributed by atoms with van der Waals surface area (Å²) in [7, 11) is 1.79. The molecule has 1 rings (SSSR count). The van der Waals surface area contributed by atoms with Crippen molar-refractivity contribution in [3.05, 3.63) is 24.2 Å². The normalized spacial score (nSPS) is 14.8. The Kier molecular flexibility index (Phi) is 6.97. The fourth-order valence-corrected chi connectivity index (χ4v) is 2.08. The van der Waals surface area contributed by atoms with Crippen molar-refractivity contribution in [3.8, 4) is 0 Å². The average Bonchev–Trinajstić information content (AvgIpc) is 2.84. The average molecular weight is 239 g/mol. The fourth-order valence-electron chi connectivity index (χ4n) is 2.08. The molecule has 1 aromatic rings. The Morgan fingerprint density at radius 1 is 1.35 bits per heavy atom. The summed E-state index contributed by atoms with van der Waals surface area (Å²) in [5.41, 5.74) is 0. The van der Waals surface area contributed by atoms with Crippen LogP contribution in [0, 0.1) is 0 Å². The number of nitrogens with one attached hydrogen (secondary N) is 1. The summed E-state index contributed by atoms with van der Waals surface area (Å²) < 4.78 is 11.0. The van der Waals surface area contributed by atoms with Gasteiger partial charge in [-0.3, -0.25) is 0 Å². The topological polar surface area (TPSA) is 34.4 Å². The van der Waals surface area contributed by atoms with E-state index in [0.29, 0.717) is 6.04 Å². The van der Waals surface area contributed by atoms with Gasteiger partial charge < -0.3 is 14.5 Å². The third kappa shape index (κ3) is 4.92. The molecule has 0 amide bonds. The Balaban J connectivity index is 2.57. The number of methoxy groups -OCH3 is 1. The fraction of sp³-hybridized carbons (Fsp3) is 0.714. The third-order valence-electron chi connectivity index (χ3n) is 2.98. The predicted molar refractivity (Wildman–Crippen MR) is 70.2 cm³/mol. The zero-order chi connectivity index (χ0) is 12.5. The third-order valence-corrected chi connectivity index (χ3v) is 2.98. The van der Waals surface area contributed by atoms with Gasteiger partial charge in [0.15, 0.2) is 0 Å². The molecule has 0 bridgehead atoms. The minimum absolute atomic E-state index is 0.261. The first kappa shape index (κ1) is 14.3. The van der Waals surface area contributed by atoms with E-state index in [4.69, 9.17) is 9.15 Å². The Morgan fingerprint density at radius 2 is 2.18 bits per heavy atom. The summed E-state index contributed by atoms with van der Waals surface area (Å²) in [6.07, 6.45) is 6.24. The predicted octanol–water partition coefficient (Wildman–Crippen LogP) is 3.01. The smallest absolute Gasteiger partial charge is 0.105 e. The van der Waals surface area contributed by atoms with Gasteiger partial charge >= 0.3 is 0 Å². The van der Waals surface area contributed by atoms with Crippen LogP contribution in [-0.4, -0.2) is 25.8 Å². The lowest BCUT2D eigenvalue weighted by Gasteiger charge is -2.26. The molecule has 3 nitrogen and oxygen atoms in total. The summed E-state index contributed by atoms with van der Waals surface area (Å²) >= 11 is 0. The molecular formula is C14H25NO2. The van der Waals surface area contributed by atoms with Crippen LogP contribution in [0.4, 0.5) is 0 Å². The summed E-state index contributed by atoms with van der Waals surface area (Å²) in [6.45, 7) is 5.39. The molecule has 3 heteroatoms. The van der Waals surface area contributed by atoms with Crippen LogP contribution in [0.15, 0.2) is 22.8 Å². The van der Waals surface area contributed by atoms with E-state index in [-0.39, 0.29) is 6.10 Å². The van der Waals surface area contributed by atoms with Crippen molar-refractivity contribution in [2.75, 3.05) is 13.7 Å². The summed E-state index contributed by atoms with van der Waals surface area (Å²) in [6, 6.07) is 4.30. The quantitative estimate of drug-likeness (QED) is 0.719. The zero-order valence-electron chi connectivity index (χ0n) is 11.2. The summed E-state index contributed by atoms with van der Waals surface area (Å²) in [5.74, 6) is 1.02. The molecule has 0 saturated carbocycles. The molecule has 2 atom stereocenters. The molecule has 98 valence electrons. The highest BCUT2D eigenvalue weighted by Gasteiger charge is 2.21. The van der Waals surface area contributed by atoms with Gasteiger partial charge in [0.1, 0.15) is 5.76 Å². The van der Waals surface area contributed by atoms with Gasteiger partial charge in [0.25, 0.3) is 0 Å². The number of ether oxygens (including phenoxy) is 1. The summed E-state index contributed by atoms with van der Waals surface area (Å²) in [5, 5.41) is 3.56. The van der Waals surface area contributed by atoms with Crippen molar-refractivity contribution < 1.29 is 9.15 Å². The van der Waals surface area contributed by atoms with Gasteiger partial charge in [-0.05, 0) is 31.5 Å². The first-order chi connectivity index (χ1) is 8.31. The van der Waals surface area contributed by atoms with Gasteiger partial charge in [-0.25, -0.2) is 0 Å². The van der Waals surface area contributed by atoms with E-state index < -0.39 is 0 Å². The number of hydrogen-bond donors (Lipinski definition) is 1. The Bertz CT molecular complexity index is 272. The second-order valence-electron chi connectivity index (χ2n) is 4.41. The minimum Gasteiger partial charge on any atom is -0.469 e. The molecule has 0 fully saturated rings. The van der Waals surface area contributed by atoms with E-state index in [2.05, 4.69) is 19.2 Å². The van der Waals surface area contributed by atoms with E-state index in [0.717, 1.165) is 38.0 Å². The van der Waals surface area contributed by atoms with Crippen LogP contribution in [0.2, 0.25) is 0 Å². The van der Waals surface area contributed by atoms with Gasteiger partial charge in [0, 0.05) is 19.6 Å². The van der Waals surface area contributed by atoms with Gasteiger partial charge in [-0.1, -0.05) is 20.3 Å². The first-order valence-corrected chi connectivity index (χ1v) is 6.60. The lowest BCUT2D eigenvalue weighted by molar-refractivity contribution is 0.0593. The lowest BCUT2D eigenvalue weighted by atomic mass is 10.0. The van der Waals surface area contributed by atoms with Crippen LogP contribution in [0.3, 0.4) is 0 Å². The number of hydrogen-bond acceptors (Lipinski definition) is 3. The van der Waals surface area contributed by atoms with Crippen molar-refractivity contribution in [1.29, 1.82) is 0 Å². The lowest BCUT2D eigenvalue weighted by Crippen LogP contribution is -2.42. The molecule has 1 heterocycles. The van der Waals surface area contributed by atoms with Gasteiger partial charge in [-0.15, -0.1) is 0 Å². The zero-order valence-corrected chi connectivity index (χ0v) is 11.2. The van der Waals surface area contributed by atoms with Crippen LogP contribution >= 0.6 is 0 Å². The van der Waals surface area contributed by atoms with Crippen molar-refractivity contribution in [1.82, 2.24) is 5.32 Å². The first-order valence-electron chi connectivity index (χ1n) is 6.60. The molecule has 0 aliphatic rings. The molecule has 0 spiro atoms. The molecule has 0 aromatic carbocycles. The highest BCUT2D eigenvalue weighted by molar-refractivity contribution is 5.01. The molecule has 2 unspecified atom stereocenters. The van der Waals surface area contributed by atoms with E-state index in [1.807, 2.05) is 12.1 Å². The van der Waals surface area contributed by atoms with Crippen LogP contribution in [0.25, 0.3) is 0 Å². The van der Waals surface area contributed by atoms with E-state index in [1.54, 1.807) is 13.4 Å². The minimum atomic E-state index is 0.261. The van der Waals surface area contributed by atoms with Crippen molar-refractivity contribution in [3.63, 3.8) is 0 Å². The molecule has 1 aromatic heterocycles. The van der Waals surface area contributed by atoms with Crippen molar-refractivity contribution in [2.24, 2.45) is 0 Å². The van der Waals surface area contributed by atoms with Crippen LogP contribution in [0.1, 0.15) is 38.9 Å². The van der Waals surface area contributed by atoms with Crippen LogP contribution < -0.4 is 5.32 Å². The van der Waals surface area contributed by atoms with E-state index >= 15 is 0 Å². The maximum atomic E-state index is 5.59. The Morgan fingerprint density at radius 3 is 2.71 bits per heavy atom. The molecule has 0 radical (unpaired) electrons. The molecular weight excluding hydrogens is 214 g/mol. The van der Waals surface area contributed by atoms with Gasteiger partial charge in [0.05, 0.1) is 12.4 Å². The largest absolute Gasteiger partial charge is 0.469 e. The molecule has 1 N–H and O–H groups in total.